The molecule has 1 aromatic rings. The van der Waals surface area contributed by atoms with Crippen molar-refractivity contribution in [1.29, 1.82) is 0 Å². The van der Waals surface area contributed by atoms with E-state index in [1.807, 2.05) is 6.07 Å². The SMILES string of the molecule is Nc1ccc(NC2CN3CCC2CC3)nn1. The highest BCUT2D eigenvalue weighted by Gasteiger charge is 2.34. The first-order valence-corrected chi connectivity index (χ1v) is 5.89. The summed E-state index contributed by atoms with van der Waals surface area (Å²) < 4.78 is 0. The second-order valence-corrected chi connectivity index (χ2v) is 4.73. The first-order valence-electron chi connectivity index (χ1n) is 5.89. The number of nitrogens with two attached hydrogens (primary N) is 1. The quantitative estimate of drug-likeness (QED) is 0.761. The number of nitrogen functional groups attached to an aromatic ring is 1. The number of hydrogen-bond donors (Lipinski definition) is 2. The van der Waals surface area contributed by atoms with Gasteiger partial charge >= 0.3 is 0 Å². The van der Waals surface area contributed by atoms with Crippen molar-refractivity contribution in [3.63, 3.8) is 0 Å². The fourth-order valence-electron chi connectivity index (χ4n) is 2.74. The highest BCUT2D eigenvalue weighted by molar-refractivity contribution is 5.39. The lowest BCUT2D eigenvalue weighted by Crippen LogP contribution is -2.53. The molecule has 3 aliphatic rings. The molecule has 0 saturated carbocycles. The Morgan fingerprint density at radius 2 is 2.06 bits per heavy atom. The number of nitrogens with one attached hydrogen (secondary N) is 1. The Bertz CT molecular complexity index is 355. The van der Waals surface area contributed by atoms with Gasteiger partial charge in [0.15, 0.2) is 0 Å². The fraction of sp³-hybridized carbons (Fsp3) is 0.636. The fourth-order valence-corrected chi connectivity index (χ4v) is 2.74. The molecular formula is C11H17N5. The molecule has 86 valence electrons. The highest BCUT2D eigenvalue weighted by atomic mass is 15.2. The van der Waals surface area contributed by atoms with Gasteiger partial charge in [0, 0.05) is 12.6 Å². The molecule has 16 heavy (non-hydrogen) atoms. The van der Waals surface area contributed by atoms with Gasteiger partial charge in [0.05, 0.1) is 0 Å². The summed E-state index contributed by atoms with van der Waals surface area (Å²) in [6.07, 6.45) is 2.61. The Balaban J connectivity index is 1.68. The van der Waals surface area contributed by atoms with E-state index in [4.69, 9.17) is 5.73 Å². The number of nitrogens with zero attached hydrogens (tertiary/aromatic N) is 3. The molecule has 5 heteroatoms. The van der Waals surface area contributed by atoms with Crippen LogP contribution in [0.15, 0.2) is 12.1 Å². The van der Waals surface area contributed by atoms with Gasteiger partial charge in [-0.2, -0.15) is 0 Å². The Kier molecular flexibility index (Phi) is 2.40. The third-order valence-corrected chi connectivity index (χ3v) is 3.67. The predicted octanol–water partition coefficient (Wildman–Crippen LogP) is 0.565. The predicted molar refractivity (Wildman–Crippen MR) is 63.0 cm³/mol. The maximum atomic E-state index is 5.51. The third kappa shape index (κ3) is 1.82. The van der Waals surface area contributed by atoms with Gasteiger partial charge in [0.25, 0.3) is 0 Å². The maximum absolute atomic E-state index is 5.51. The lowest BCUT2D eigenvalue weighted by molar-refractivity contribution is 0.0973. The molecule has 4 rings (SSSR count). The molecule has 1 atom stereocenters. The molecule has 0 aliphatic carbocycles. The summed E-state index contributed by atoms with van der Waals surface area (Å²) in [4.78, 5) is 2.52. The summed E-state index contributed by atoms with van der Waals surface area (Å²) in [6, 6.07) is 4.22. The van der Waals surface area contributed by atoms with Crippen LogP contribution in [0.4, 0.5) is 11.6 Å². The monoisotopic (exact) mass is 219 g/mol. The van der Waals surface area contributed by atoms with Crippen LogP contribution in [0.5, 0.6) is 0 Å². The first-order chi connectivity index (χ1) is 7.81. The van der Waals surface area contributed by atoms with Crippen LogP contribution in [-0.2, 0) is 0 Å². The third-order valence-electron chi connectivity index (χ3n) is 3.67. The van der Waals surface area contributed by atoms with Gasteiger partial charge in [-0.1, -0.05) is 0 Å². The van der Waals surface area contributed by atoms with Crippen molar-refractivity contribution in [3.05, 3.63) is 12.1 Å². The number of aromatic nitrogens is 2. The van der Waals surface area contributed by atoms with Crippen LogP contribution in [0.3, 0.4) is 0 Å². The van der Waals surface area contributed by atoms with Gasteiger partial charge in [-0.05, 0) is 44.0 Å². The van der Waals surface area contributed by atoms with Gasteiger partial charge in [-0.15, -0.1) is 10.2 Å². The van der Waals surface area contributed by atoms with Gasteiger partial charge < -0.3 is 16.0 Å². The average molecular weight is 219 g/mol. The largest absolute Gasteiger partial charge is 0.382 e. The Morgan fingerprint density at radius 1 is 1.25 bits per heavy atom. The number of fused-ring (bicyclic) bond motifs is 3. The molecule has 4 heterocycles. The molecule has 1 unspecified atom stereocenters. The van der Waals surface area contributed by atoms with Crippen molar-refractivity contribution >= 4 is 11.6 Å². The van der Waals surface area contributed by atoms with Crippen molar-refractivity contribution < 1.29 is 0 Å². The van der Waals surface area contributed by atoms with Crippen molar-refractivity contribution in [2.24, 2.45) is 5.92 Å². The molecular weight excluding hydrogens is 202 g/mol. The molecule has 2 bridgehead atoms. The average Bonchev–Trinajstić information content (AvgIpc) is 2.34. The lowest BCUT2D eigenvalue weighted by Gasteiger charge is -2.45. The van der Waals surface area contributed by atoms with Crippen LogP contribution in [0, 0.1) is 5.92 Å². The molecule has 0 amide bonds. The zero-order valence-electron chi connectivity index (χ0n) is 9.26. The maximum Gasteiger partial charge on any atom is 0.149 e. The summed E-state index contributed by atoms with van der Waals surface area (Å²) in [5, 5.41) is 11.4. The summed E-state index contributed by atoms with van der Waals surface area (Å²) in [6.45, 7) is 3.66. The zero-order chi connectivity index (χ0) is 11.0. The molecule has 3 fully saturated rings. The van der Waals surface area contributed by atoms with E-state index >= 15 is 0 Å². The van der Waals surface area contributed by atoms with E-state index in [0.29, 0.717) is 11.9 Å². The number of rotatable bonds is 2. The second kappa shape index (κ2) is 3.90. The van der Waals surface area contributed by atoms with E-state index < -0.39 is 0 Å². The van der Waals surface area contributed by atoms with Crippen LogP contribution in [0.1, 0.15) is 12.8 Å². The van der Waals surface area contributed by atoms with E-state index in [-0.39, 0.29) is 0 Å². The molecule has 0 spiro atoms. The Labute approximate surface area is 95.0 Å². The number of hydrogen-bond acceptors (Lipinski definition) is 5. The number of anilines is 2. The molecule has 0 aromatic carbocycles. The van der Waals surface area contributed by atoms with Crippen molar-refractivity contribution in [2.45, 2.75) is 18.9 Å². The molecule has 3 saturated heterocycles. The smallest absolute Gasteiger partial charge is 0.149 e. The summed E-state index contributed by atoms with van der Waals surface area (Å²) in [7, 11) is 0. The summed E-state index contributed by atoms with van der Waals surface area (Å²) >= 11 is 0. The van der Waals surface area contributed by atoms with Gasteiger partial charge in [-0.25, -0.2) is 0 Å². The minimum atomic E-state index is 0.472. The van der Waals surface area contributed by atoms with E-state index in [0.717, 1.165) is 18.3 Å². The van der Waals surface area contributed by atoms with Gasteiger partial charge in [0.2, 0.25) is 0 Å². The Hall–Kier alpha value is -1.36. The summed E-state index contributed by atoms with van der Waals surface area (Å²) in [5.74, 6) is 2.11. The molecule has 1 aromatic heterocycles. The van der Waals surface area contributed by atoms with Crippen LogP contribution in [-0.4, -0.2) is 40.8 Å². The standard InChI is InChI=1S/C11H17N5/c12-10-1-2-11(15-14-10)13-9-7-16-5-3-8(9)4-6-16/h1-2,8-9H,3-7H2,(H2,12,14)(H,13,15). The van der Waals surface area contributed by atoms with Crippen molar-refractivity contribution in [1.82, 2.24) is 15.1 Å². The first kappa shape index (κ1) is 9.84. The summed E-state index contributed by atoms with van der Waals surface area (Å²) in [5.41, 5.74) is 5.51. The van der Waals surface area contributed by atoms with E-state index in [2.05, 4.69) is 20.4 Å². The lowest BCUT2D eigenvalue weighted by atomic mass is 9.84. The van der Waals surface area contributed by atoms with Gasteiger partial charge in [-0.3, -0.25) is 0 Å². The number of piperidine rings is 3. The molecule has 3 aliphatic heterocycles. The van der Waals surface area contributed by atoms with Crippen LogP contribution in [0.25, 0.3) is 0 Å². The zero-order valence-corrected chi connectivity index (χ0v) is 9.26. The van der Waals surface area contributed by atoms with Crippen molar-refractivity contribution in [3.8, 4) is 0 Å². The normalized spacial score (nSPS) is 32.6. The minimum Gasteiger partial charge on any atom is -0.382 e. The van der Waals surface area contributed by atoms with E-state index in [9.17, 15) is 0 Å². The van der Waals surface area contributed by atoms with E-state index in [1.54, 1.807) is 6.07 Å². The highest BCUT2D eigenvalue weighted by Crippen LogP contribution is 2.29. The van der Waals surface area contributed by atoms with Gasteiger partial charge in [0.1, 0.15) is 11.6 Å². The van der Waals surface area contributed by atoms with E-state index in [1.165, 1.54) is 25.9 Å². The molecule has 5 nitrogen and oxygen atoms in total. The van der Waals surface area contributed by atoms with Crippen LogP contribution in [0.2, 0.25) is 0 Å². The van der Waals surface area contributed by atoms with Crippen LogP contribution >= 0.6 is 0 Å². The molecule has 0 radical (unpaired) electrons. The van der Waals surface area contributed by atoms with Crippen molar-refractivity contribution in [2.75, 3.05) is 30.7 Å². The Morgan fingerprint density at radius 3 is 2.62 bits per heavy atom. The minimum absolute atomic E-state index is 0.472. The molecule has 3 N–H and O–H groups in total. The topological polar surface area (TPSA) is 67.1 Å². The second-order valence-electron chi connectivity index (χ2n) is 4.73. The van der Waals surface area contributed by atoms with Crippen LogP contribution < -0.4 is 11.1 Å².